The van der Waals surface area contributed by atoms with E-state index in [1.54, 1.807) is 0 Å². The first kappa shape index (κ1) is 30.9. The molecule has 0 saturated carbocycles. The second-order valence-electron chi connectivity index (χ2n) is 13.7. The van der Waals surface area contributed by atoms with Crippen molar-refractivity contribution < 1.29 is 0 Å². The Labute approximate surface area is 261 Å². The molecule has 2 radical (unpaired) electrons. The molecule has 0 spiro atoms. The standard InChI is InChI=1S/C41H50N2/c1-26(2)34-21-30(9)38(36(23-34)28(5)6)42-25-43(39-31(10)22-35(27(3)4)24-37(39)29(7)8)41(33-19-15-12-16-20-33)40(42)32-17-13-11-14-18-32/h11-24,26-29,40-41H,1-10H3/t40-,41-/m1/s1. The molecule has 1 aliphatic rings. The summed E-state index contributed by atoms with van der Waals surface area (Å²) >= 11 is 0. The lowest BCUT2D eigenvalue weighted by atomic mass is 9.87. The molecule has 2 heteroatoms. The third kappa shape index (κ3) is 5.99. The van der Waals surface area contributed by atoms with Crippen LogP contribution in [0, 0.1) is 20.5 Å². The second-order valence-corrected chi connectivity index (χ2v) is 13.7. The molecule has 4 aromatic carbocycles. The van der Waals surface area contributed by atoms with Crippen LogP contribution in [0.5, 0.6) is 0 Å². The largest absolute Gasteiger partial charge is 0.331 e. The molecule has 0 aliphatic carbocycles. The van der Waals surface area contributed by atoms with Gasteiger partial charge in [0.05, 0.1) is 12.1 Å². The van der Waals surface area contributed by atoms with Crippen molar-refractivity contribution in [2.24, 2.45) is 0 Å². The summed E-state index contributed by atoms with van der Waals surface area (Å²) in [6, 6.07) is 31.9. The lowest BCUT2D eigenvalue weighted by Crippen LogP contribution is -2.25. The first-order valence-electron chi connectivity index (χ1n) is 16.2. The first-order valence-corrected chi connectivity index (χ1v) is 16.2. The van der Waals surface area contributed by atoms with Crippen LogP contribution in [-0.2, 0) is 0 Å². The average molecular weight is 571 g/mol. The fourth-order valence-electron chi connectivity index (χ4n) is 6.74. The lowest BCUT2D eigenvalue weighted by Gasteiger charge is -2.34. The predicted octanol–water partition coefficient (Wildman–Crippen LogP) is 11.6. The van der Waals surface area contributed by atoms with Gasteiger partial charge in [0.2, 0.25) is 6.67 Å². The highest BCUT2D eigenvalue weighted by atomic mass is 15.4. The van der Waals surface area contributed by atoms with Gasteiger partial charge in [-0.25, -0.2) is 0 Å². The maximum atomic E-state index is 4.06. The van der Waals surface area contributed by atoms with E-state index in [9.17, 15) is 0 Å². The molecule has 0 N–H and O–H groups in total. The van der Waals surface area contributed by atoms with Crippen molar-refractivity contribution in [3.05, 3.63) is 136 Å². The molecule has 1 aliphatic heterocycles. The van der Waals surface area contributed by atoms with Gasteiger partial charge in [0, 0.05) is 11.4 Å². The van der Waals surface area contributed by atoms with Gasteiger partial charge in [-0.15, -0.1) is 0 Å². The van der Waals surface area contributed by atoms with Crippen LogP contribution in [0.4, 0.5) is 11.4 Å². The summed E-state index contributed by atoms with van der Waals surface area (Å²) in [5.74, 6) is 1.72. The Bertz CT molecular complexity index is 1410. The van der Waals surface area contributed by atoms with E-state index in [0.717, 1.165) is 0 Å². The number of hydrogen-bond donors (Lipinski definition) is 0. The van der Waals surface area contributed by atoms with Gasteiger partial charge in [-0.3, -0.25) is 0 Å². The number of rotatable bonds is 8. The fraction of sp³-hybridized carbons (Fsp3) is 0.390. The maximum Gasteiger partial charge on any atom is 0.210 e. The van der Waals surface area contributed by atoms with E-state index in [1.807, 2.05) is 0 Å². The normalized spacial score (nSPS) is 17.3. The van der Waals surface area contributed by atoms with Crippen molar-refractivity contribution in [1.29, 1.82) is 0 Å². The van der Waals surface area contributed by atoms with E-state index < -0.39 is 0 Å². The third-order valence-electron chi connectivity index (χ3n) is 9.12. The molecule has 43 heavy (non-hydrogen) atoms. The zero-order chi connectivity index (χ0) is 31.0. The first-order chi connectivity index (χ1) is 20.5. The van der Waals surface area contributed by atoms with Gasteiger partial charge in [-0.05, 0) is 82.0 Å². The van der Waals surface area contributed by atoms with Gasteiger partial charge in [0.15, 0.2) is 0 Å². The van der Waals surface area contributed by atoms with E-state index in [2.05, 4.69) is 171 Å². The van der Waals surface area contributed by atoms with E-state index in [4.69, 9.17) is 0 Å². The Morgan fingerprint density at radius 3 is 1.14 bits per heavy atom. The van der Waals surface area contributed by atoms with Crippen molar-refractivity contribution >= 4 is 11.4 Å². The Balaban J connectivity index is 1.82. The molecule has 2 nitrogen and oxygen atoms in total. The zero-order valence-electron chi connectivity index (χ0n) is 27.9. The van der Waals surface area contributed by atoms with Gasteiger partial charge in [0.25, 0.3) is 0 Å². The highest BCUT2D eigenvalue weighted by molar-refractivity contribution is 5.73. The Morgan fingerprint density at radius 1 is 0.488 bits per heavy atom. The van der Waals surface area contributed by atoms with E-state index in [1.165, 1.54) is 55.9 Å². The minimum Gasteiger partial charge on any atom is -0.331 e. The highest BCUT2D eigenvalue weighted by Crippen LogP contribution is 2.54. The lowest BCUT2D eigenvalue weighted by molar-refractivity contribution is 0.613. The number of benzene rings is 4. The molecule has 0 amide bonds. The minimum absolute atomic E-state index is 0.0499. The molecule has 0 unspecified atom stereocenters. The Morgan fingerprint density at radius 2 is 0.837 bits per heavy atom. The second kappa shape index (κ2) is 12.6. The van der Waals surface area contributed by atoms with Gasteiger partial charge in [0.1, 0.15) is 0 Å². The molecule has 0 bridgehead atoms. The van der Waals surface area contributed by atoms with Crippen LogP contribution in [0.15, 0.2) is 84.9 Å². The average Bonchev–Trinajstić information content (AvgIpc) is 3.36. The molecule has 1 fully saturated rings. The van der Waals surface area contributed by atoms with Crippen LogP contribution in [0.1, 0.15) is 136 Å². The summed E-state index contributed by atoms with van der Waals surface area (Å²) in [5.41, 5.74) is 13.4. The minimum atomic E-state index is 0.0499. The van der Waals surface area contributed by atoms with Gasteiger partial charge in [-0.1, -0.05) is 140 Å². The number of hydrogen-bond acceptors (Lipinski definition) is 2. The molecular weight excluding hydrogens is 520 g/mol. The van der Waals surface area contributed by atoms with Crippen LogP contribution in [0.2, 0.25) is 0 Å². The quantitative estimate of drug-likeness (QED) is 0.208. The van der Waals surface area contributed by atoms with Crippen LogP contribution in [-0.4, -0.2) is 0 Å². The topological polar surface area (TPSA) is 6.48 Å². The van der Waals surface area contributed by atoms with Crippen molar-refractivity contribution in [3.8, 4) is 0 Å². The maximum absolute atomic E-state index is 4.06. The Hall–Kier alpha value is -3.52. The molecular formula is C41H50N2. The third-order valence-corrected chi connectivity index (χ3v) is 9.12. The van der Waals surface area contributed by atoms with Crippen molar-refractivity contribution in [3.63, 3.8) is 0 Å². The Kier molecular flexibility index (Phi) is 9.07. The summed E-state index contributed by atoms with van der Waals surface area (Å²) in [6.45, 7) is 27.1. The van der Waals surface area contributed by atoms with E-state index in [0.29, 0.717) is 23.7 Å². The molecule has 5 rings (SSSR count). The number of aryl methyl sites for hydroxylation is 2. The fourth-order valence-corrected chi connectivity index (χ4v) is 6.74. The summed E-state index contributed by atoms with van der Waals surface area (Å²) in [5, 5.41) is 0. The summed E-state index contributed by atoms with van der Waals surface area (Å²) in [6.07, 6.45) is 0. The molecule has 4 aromatic rings. The smallest absolute Gasteiger partial charge is 0.210 e. The molecule has 0 aromatic heterocycles. The summed E-state index contributed by atoms with van der Waals surface area (Å²) in [4.78, 5) is 4.98. The number of nitrogens with zero attached hydrogens (tertiary/aromatic N) is 2. The van der Waals surface area contributed by atoms with Crippen LogP contribution in [0.25, 0.3) is 0 Å². The monoisotopic (exact) mass is 570 g/mol. The van der Waals surface area contributed by atoms with Crippen LogP contribution >= 0.6 is 0 Å². The van der Waals surface area contributed by atoms with Gasteiger partial charge >= 0.3 is 0 Å². The molecule has 1 saturated heterocycles. The summed E-state index contributed by atoms with van der Waals surface area (Å²) in [7, 11) is 0. The highest BCUT2D eigenvalue weighted by Gasteiger charge is 2.46. The van der Waals surface area contributed by atoms with Crippen molar-refractivity contribution in [1.82, 2.24) is 0 Å². The molecule has 2 atom stereocenters. The van der Waals surface area contributed by atoms with Gasteiger partial charge in [-0.2, -0.15) is 0 Å². The molecule has 1 heterocycles. The summed E-state index contributed by atoms with van der Waals surface area (Å²) < 4.78 is 0. The van der Waals surface area contributed by atoms with Crippen LogP contribution in [0.3, 0.4) is 0 Å². The van der Waals surface area contributed by atoms with Crippen molar-refractivity contribution in [2.75, 3.05) is 9.80 Å². The van der Waals surface area contributed by atoms with E-state index >= 15 is 0 Å². The van der Waals surface area contributed by atoms with Crippen molar-refractivity contribution in [2.45, 2.75) is 105 Å². The predicted molar refractivity (Wildman–Crippen MR) is 185 cm³/mol. The van der Waals surface area contributed by atoms with Crippen LogP contribution < -0.4 is 9.80 Å². The number of anilines is 2. The zero-order valence-corrected chi connectivity index (χ0v) is 27.9. The van der Waals surface area contributed by atoms with Gasteiger partial charge < -0.3 is 9.80 Å². The SMILES string of the molecule is Cc1cc(C(C)C)cc(C(C)C)c1N1[C]N(c2c(C)cc(C(C)C)cc2C(C)C)[C@H](c2ccccc2)[C@H]1c1ccccc1. The molecule has 224 valence electrons. The van der Waals surface area contributed by atoms with E-state index in [-0.39, 0.29) is 12.1 Å².